The van der Waals surface area contributed by atoms with Gasteiger partial charge in [-0.25, -0.2) is 0 Å². The van der Waals surface area contributed by atoms with Crippen molar-refractivity contribution in [2.24, 2.45) is 16.7 Å². The van der Waals surface area contributed by atoms with Crippen LogP contribution in [0.3, 0.4) is 0 Å². The Bertz CT molecular complexity index is 227. The minimum atomic E-state index is 0.569. The second kappa shape index (κ2) is 3.76. The molecule has 0 aromatic rings. The highest BCUT2D eigenvalue weighted by Gasteiger charge is 2.42. The molecule has 0 amide bonds. The topological polar surface area (TPSA) is 12.0 Å². The Balaban J connectivity index is 1.80. The summed E-state index contributed by atoms with van der Waals surface area (Å²) < 4.78 is 0. The van der Waals surface area contributed by atoms with Gasteiger partial charge in [0.2, 0.25) is 0 Å². The average Bonchev–Trinajstić information content (AvgIpc) is 2.87. The van der Waals surface area contributed by atoms with Crippen LogP contribution in [0.25, 0.3) is 0 Å². The molecular weight excluding hydrogens is 182 g/mol. The summed E-state index contributed by atoms with van der Waals surface area (Å²) in [6.45, 7) is 10.9. The standard InChI is InChI=1S/C14H27N/c1-5-14(6-7-14)10-15-12-9-13(3,4)8-11(12)2/h11-12,15H,5-10H2,1-4H3. The fourth-order valence-electron chi connectivity index (χ4n) is 3.35. The maximum absolute atomic E-state index is 3.84. The molecule has 2 fully saturated rings. The molecule has 1 N–H and O–H groups in total. The molecule has 0 aromatic carbocycles. The van der Waals surface area contributed by atoms with Gasteiger partial charge in [0, 0.05) is 12.6 Å². The molecule has 0 radical (unpaired) electrons. The monoisotopic (exact) mass is 209 g/mol. The smallest absolute Gasteiger partial charge is 0.00982 e. The van der Waals surface area contributed by atoms with Crippen LogP contribution in [0.1, 0.15) is 59.8 Å². The fourth-order valence-corrected chi connectivity index (χ4v) is 3.35. The van der Waals surface area contributed by atoms with Crippen LogP contribution in [-0.4, -0.2) is 12.6 Å². The summed E-state index contributed by atoms with van der Waals surface area (Å²) in [6.07, 6.45) is 7.05. The van der Waals surface area contributed by atoms with Gasteiger partial charge in [0.15, 0.2) is 0 Å². The third-order valence-electron chi connectivity index (χ3n) is 4.78. The van der Waals surface area contributed by atoms with Crippen molar-refractivity contribution in [3.05, 3.63) is 0 Å². The first-order valence-corrected chi connectivity index (χ1v) is 6.70. The van der Waals surface area contributed by atoms with Gasteiger partial charge in [-0.2, -0.15) is 0 Å². The molecule has 1 nitrogen and oxygen atoms in total. The predicted octanol–water partition coefficient (Wildman–Crippen LogP) is 3.59. The van der Waals surface area contributed by atoms with E-state index in [-0.39, 0.29) is 0 Å². The lowest BCUT2D eigenvalue weighted by Gasteiger charge is -2.22. The molecule has 2 atom stereocenters. The first-order valence-electron chi connectivity index (χ1n) is 6.70. The first-order chi connectivity index (χ1) is 6.96. The van der Waals surface area contributed by atoms with Gasteiger partial charge in [-0.15, -0.1) is 0 Å². The molecule has 2 unspecified atom stereocenters. The molecule has 2 aliphatic carbocycles. The molecule has 2 saturated carbocycles. The Morgan fingerprint density at radius 2 is 1.87 bits per heavy atom. The molecule has 2 rings (SSSR count). The Hall–Kier alpha value is -0.0400. The van der Waals surface area contributed by atoms with E-state index in [1.165, 1.54) is 38.6 Å². The lowest BCUT2D eigenvalue weighted by Crippen LogP contribution is -2.36. The van der Waals surface area contributed by atoms with Crippen LogP contribution in [0.15, 0.2) is 0 Å². The maximum Gasteiger partial charge on any atom is 0.00982 e. The summed E-state index contributed by atoms with van der Waals surface area (Å²) in [6, 6.07) is 0.782. The van der Waals surface area contributed by atoms with E-state index in [9.17, 15) is 0 Å². The summed E-state index contributed by atoms with van der Waals surface area (Å²) in [5, 5.41) is 3.84. The van der Waals surface area contributed by atoms with Gasteiger partial charge in [0.25, 0.3) is 0 Å². The number of hydrogen-bond acceptors (Lipinski definition) is 1. The molecule has 15 heavy (non-hydrogen) atoms. The van der Waals surface area contributed by atoms with Crippen LogP contribution in [0.4, 0.5) is 0 Å². The van der Waals surface area contributed by atoms with Gasteiger partial charge in [0.05, 0.1) is 0 Å². The van der Waals surface area contributed by atoms with Crippen LogP contribution >= 0.6 is 0 Å². The van der Waals surface area contributed by atoms with E-state index in [0.29, 0.717) is 10.8 Å². The summed E-state index contributed by atoms with van der Waals surface area (Å²) in [5.74, 6) is 0.868. The number of nitrogens with one attached hydrogen (secondary N) is 1. The molecule has 0 saturated heterocycles. The van der Waals surface area contributed by atoms with Gasteiger partial charge >= 0.3 is 0 Å². The lowest BCUT2D eigenvalue weighted by molar-refractivity contribution is 0.347. The molecule has 0 bridgehead atoms. The zero-order valence-electron chi connectivity index (χ0n) is 10.9. The molecule has 2 aliphatic rings. The van der Waals surface area contributed by atoms with Gasteiger partial charge in [0.1, 0.15) is 0 Å². The van der Waals surface area contributed by atoms with Crippen LogP contribution in [0.5, 0.6) is 0 Å². The summed E-state index contributed by atoms with van der Waals surface area (Å²) in [4.78, 5) is 0. The quantitative estimate of drug-likeness (QED) is 0.746. The van der Waals surface area contributed by atoms with Gasteiger partial charge < -0.3 is 5.32 Å². The van der Waals surface area contributed by atoms with Crippen molar-refractivity contribution < 1.29 is 0 Å². The van der Waals surface area contributed by atoms with Crippen LogP contribution in [-0.2, 0) is 0 Å². The molecular formula is C14H27N. The zero-order chi connectivity index (χ0) is 11.1. The number of rotatable bonds is 4. The maximum atomic E-state index is 3.84. The highest BCUT2D eigenvalue weighted by atomic mass is 15.0. The van der Waals surface area contributed by atoms with Crippen molar-refractivity contribution >= 4 is 0 Å². The third kappa shape index (κ3) is 2.55. The Labute approximate surface area is 95.0 Å². The first kappa shape index (κ1) is 11.4. The van der Waals surface area contributed by atoms with E-state index >= 15 is 0 Å². The fraction of sp³-hybridized carbons (Fsp3) is 1.00. The molecule has 0 aliphatic heterocycles. The minimum absolute atomic E-state index is 0.569. The van der Waals surface area contributed by atoms with Gasteiger partial charge in [-0.1, -0.05) is 27.7 Å². The Morgan fingerprint density at radius 1 is 1.20 bits per heavy atom. The molecule has 0 aromatic heterocycles. The van der Waals surface area contributed by atoms with Crippen molar-refractivity contribution in [3.8, 4) is 0 Å². The largest absolute Gasteiger partial charge is 0.313 e. The van der Waals surface area contributed by atoms with Crippen molar-refractivity contribution in [2.45, 2.75) is 65.8 Å². The van der Waals surface area contributed by atoms with Crippen molar-refractivity contribution in [1.29, 1.82) is 0 Å². The molecule has 1 heteroatoms. The van der Waals surface area contributed by atoms with Crippen molar-refractivity contribution in [2.75, 3.05) is 6.54 Å². The second-order valence-electron chi connectivity index (χ2n) is 6.89. The molecule has 88 valence electrons. The normalized spacial score (nSPS) is 36.8. The summed E-state index contributed by atoms with van der Waals surface area (Å²) >= 11 is 0. The minimum Gasteiger partial charge on any atom is -0.313 e. The Kier molecular flexibility index (Phi) is 2.87. The lowest BCUT2D eigenvalue weighted by atomic mass is 9.91. The predicted molar refractivity (Wildman–Crippen MR) is 65.9 cm³/mol. The van der Waals surface area contributed by atoms with Crippen molar-refractivity contribution in [1.82, 2.24) is 5.32 Å². The molecule has 0 heterocycles. The number of hydrogen-bond donors (Lipinski definition) is 1. The van der Waals surface area contributed by atoms with Crippen LogP contribution < -0.4 is 5.32 Å². The summed E-state index contributed by atoms with van der Waals surface area (Å²) in [7, 11) is 0. The van der Waals surface area contributed by atoms with Crippen molar-refractivity contribution in [3.63, 3.8) is 0 Å². The van der Waals surface area contributed by atoms with E-state index < -0.39 is 0 Å². The van der Waals surface area contributed by atoms with E-state index in [1.54, 1.807) is 0 Å². The third-order valence-corrected chi connectivity index (χ3v) is 4.78. The highest BCUT2D eigenvalue weighted by molar-refractivity contribution is 4.97. The molecule has 0 spiro atoms. The van der Waals surface area contributed by atoms with Gasteiger partial charge in [-0.05, 0) is 48.9 Å². The Morgan fingerprint density at radius 3 is 2.27 bits per heavy atom. The van der Waals surface area contributed by atoms with E-state index in [1.807, 2.05) is 0 Å². The van der Waals surface area contributed by atoms with E-state index in [2.05, 4.69) is 33.0 Å². The average molecular weight is 209 g/mol. The van der Waals surface area contributed by atoms with Crippen LogP contribution in [0, 0.1) is 16.7 Å². The van der Waals surface area contributed by atoms with Crippen LogP contribution in [0.2, 0.25) is 0 Å². The highest BCUT2D eigenvalue weighted by Crippen LogP contribution is 2.48. The second-order valence-corrected chi connectivity index (χ2v) is 6.89. The van der Waals surface area contributed by atoms with E-state index in [4.69, 9.17) is 0 Å². The van der Waals surface area contributed by atoms with E-state index in [0.717, 1.165) is 12.0 Å². The summed E-state index contributed by atoms with van der Waals surface area (Å²) in [5.41, 5.74) is 1.27. The van der Waals surface area contributed by atoms with Gasteiger partial charge in [-0.3, -0.25) is 0 Å². The SMILES string of the molecule is CCC1(CNC2CC(C)(C)CC2C)CC1. The zero-order valence-corrected chi connectivity index (χ0v) is 10.9.